The first-order chi connectivity index (χ1) is 18.7. The first-order valence-electron chi connectivity index (χ1n) is 13.0. The van der Waals surface area contributed by atoms with Gasteiger partial charge in [-0.05, 0) is 29.3 Å². The Morgan fingerprint density at radius 1 is 0.872 bits per heavy atom. The largest absolute Gasteiger partial charge is 0.497 e. The van der Waals surface area contributed by atoms with Gasteiger partial charge in [-0.25, -0.2) is 0 Å². The van der Waals surface area contributed by atoms with E-state index in [-0.39, 0.29) is 17.3 Å². The number of rotatable bonds is 4. The average molecular weight is 523 g/mol. The summed E-state index contributed by atoms with van der Waals surface area (Å²) >= 11 is 0. The molecule has 0 aromatic heterocycles. The number of nitrogens with zero attached hydrogens (tertiary/aromatic N) is 2. The molecule has 3 aromatic rings. The second-order valence-corrected chi connectivity index (χ2v) is 11.4. The van der Waals surface area contributed by atoms with Crippen LogP contribution in [0.3, 0.4) is 0 Å². The fourth-order valence-corrected chi connectivity index (χ4v) is 6.65. The van der Waals surface area contributed by atoms with Gasteiger partial charge in [-0.15, -0.1) is 0 Å². The van der Waals surface area contributed by atoms with Crippen molar-refractivity contribution >= 4 is 23.6 Å². The summed E-state index contributed by atoms with van der Waals surface area (Å²) in [6, 6.07) is 18.2. The normalized spacial score (nSPS) is 22.5. The summed E-state index contributed by atoms with van der Waals surface area (Å²) in [6.45, 7) is 5.55. The third kappa shape index (κ3) is 3.28. The highest BCUT2D eigenvalue weighted by Gasteiger charge is 2.73. The highest BCUT2D eigenvalue weighted by atomic mass is 16.5. The number of hydrogen-bond donors (Lipinski definition) is 0. The van der Waals surface area contributed by atoms with E-state index in [0.717, 1.165) is 11.1 Å². The lowest BCUT2D eigenvalue weighted by Crippen LogP contribution is -2.45. The van der Waals surface area contributed by atoms with Gasteiger partial charge in [0.05, 0.1) is 26.5 Å². The minimum Gasteiger partial charge on any atom is -0.497 e. The minimum atomic E-state index is -1.65. The van der Waals surface area contributed by atoms with Gasteiger partial charge in [0.15, 0.2) is 17.3 Å². The van der Waals surface area contributed by atoms with Crippen LogP contribution in [0.1, 0.15) is 70.1 Å². The predicted octanol–water partition coefficient (Wildman–Crippen LogP) is 5.24. The lowest BCUT2D eigenvalue weighted by Gasteiger charge is -2.36. The summed E-state index contributed by atoms with van der Waals surface area (Å²) in [5.41, 5.74) is 0.470. The van der Waals surface area contributed by atoms with Crippen LogP contribution in [-0.4, -0.2) is 48.8 Å². The topological polar surface area (TPSA) is 85.3 Å². The van der Waals surface area contributed by atoms with Gasteiger partial charge < -0.3 is 9.47 Å². The minimum absolute atomic E-state index is 0.118. The Morgan fingerprint density at radius 2 is 1.51 bits per heavy atom. The number of carbonyl (C=O) groups excluding carboxylic acids is 3. The zero-order valence-corrected chi connectivity index (χ0v) is 22.6. The highest BCUT2D eigenvalue weighted by Crippen LogP contribution is 2.66. The van der Waals surface area contributed by atoms with Crippen molar-refractivity contribution in [2.24, 2.45) is 15.9 Å². The molecule has 0 N–H and O–H groups in total. The Balaban J connectivity index is 1.75. The third-order valence-corrected chi connectivity index (χ3v) is 8.36. The number of hydrogen-bond acceptors (Lipinski definition) is 7. The van der Waals surface area contributed by atoms with E-state index < -0.39 is 28.8 Å². The molecule has 2 aliphatic heterocycles. The van der Waals surface area contributed by atoms with Gasteiger partial charge in [0.25, 0.3) is 0 Å². The molecule has 0 saturated carbocycles. The Labute approximate surface area is 227 Å². The molecule has 0 unspecified atom stereocenters. The lowest BCUT2D eigenvalue weighted by molar-refractivity contribution is -0.131. The molecule has 198 valence electrons. The molecule has 0 amide bonds. The van der Waals surface area contributed by atoms with Crippen LogP contribution in [0.2, 0.25) is 0 Å². The maximum Gasteiger partial charge on any atom is 0.180 e. The van der Waals surface area contributed by atoms with Gasteiger partial charge in [-0.1, -0.05) is 69.3 Å². The van der Waals surface area contributed by atoms with E-state index in [2.05, 4.69) is 0 Å². The summed E-state index contributed by atoms with van der Waals surface area (Å²) in [6.07, 6.45) is 1.71. The van der Waals surface area contributed by atoms with Crippen molar-refractivity contribution < 1.29 is 23.9 Å². The summed E-state index contributed by atoms with van der Waals surface area (Å²) < 4.78 is 11.4. The molecule has 3 aromatic carbocycles. The molecule has 3 aliphatic rings. The summed E-state index contributed by atoms with van der Waals surface area (Å²) in [4.78, 5) is 43.9. The molecular formula is C32H30N2O5. The van der Waals surface area contributed by atoms with Gasteiger partial charge in [0, 0.05) is 28.0 Å². The third-order valence-electron chi connectivity index (χ3n) is 8.36. The van der Waals surface area contributed by atoms with Crippen molar-refractivity contribution in [3.63, 3.8) is 0 Å². The molecule has 1 aliphatic carbocycles. The molecule has 0 radical (unpaired) electrons. The second-order valence-electron chi connectivity index (χ2n) is 11.4. The lowest BCUT2D eigenvalue weighted by atomic mass is 9.62. The quantitative estimate of drug-likeness (QED) is 0.436. The number of benzene rings is 3. The van der Waals surface area contributed by atoms with Crippen LogP contribution in [0.25, 0.3) is 0 Å². The maximum atomic E-state index is 14.8. The van der Waals surface area contributed by atoms with Crippen LogP contribution in [0.4, 0.5) is 0 Å². The number of Topliss-reactive ketones (excluding diaryl/α,β-unsaturated/α-hetero) is 3. The molecule has 7 heteroatoms. The fourth-order valence-electron chi connectivity index (χ4n) is 6.65. The molecule has 3 atom stereocenters. The van der Waals surface area contributed by atoms with Crippen molar-refractivity contribution in [2.75, 3.05) is 14.2 Å². The summed E-state index contributed by atoms with van der Waals surface area (Å²) in [7, 11) is 3.10. The summed E-state index contributed by atoms with van der Waals surface area (Å²) in [5, 5.41) is 6.49. The first-order valence-corrected chi connectivity index (χ1v) is 13.0. The van der Waals surface area contributed by atoms with Crippen LogP contribution in [0.5, 0.6) is 11.5 Å². The predicted molar refractivity (Wildman–Crippen MR) is 147 cm³/mol. The van der Waals surface area contributed by atoms with Crippen molar-refractivity contribution in [2.45, 2.75) is 38.8 Å². The average Bonchev–Trinajstić information content (AvgIpc) is 3.37. The fraction of sp³-hybridized carbons (Fsp3) is 0.312. The summed E-state index contributed by atoms with van der Waals surface area (Å²) in [5.74, 6) is -0.608. The Hall–Kier alpha value is -4.26. The number of hydrazone groups is 1. The Kier molecular flexibility index (Phi) is 5.54. The van der Waals surface area contributed by atoms with E-state index in [0.29, 0.717) is 28.2 Å². The van der Waals surface area contributed by atoms with E-state index >= 15 is 0 Å². The zero-order chi connectivity index (χ0) is 27.7. The van der Waals surface area contributed by atoms with Crippen molar-refractivity contribution in [1.82, 2.24) is 5.01 Å². The van der Waals surface area contributed by atoms with Crippen molar-refractivity contribution in [1.29, 1.82) is 0 Å². The van der Waals surface area contributed by atoms with Crippen molar-refractivity contribution in [3.05, 3.63) is 94.5 Å². The molecule has 6 rings (SSSR count). The second kappa shape index (κ2) is 8.63. The molecule has 7 nitrogen and oxygen atoms in total. The molecule has 2 heterocycles. The SMILES string of the molecule is COc1ccc(OC)c([C@H]2[C@H](C(=O)C(C)(C)C)N3N=Cc4ccccc4[C@@H]3C23C(=O)c2ccccc2C3=O)c1. The van der Waals surface area contributed by atoms with Gasteiger partial charge in [0.2, 0.25) is 0 Å². The van der Waals surface area contributed by atoms with Crippen LogP contribution >= 0.6 is 0 Å². The molecule has 1 fully saturated rings. The smallest absolute Gasteiger partial charge is 0.180 e. The monoisotopic (exact) mass is 522 g/mol. The van der Waals surface area contributed by atoms with Gasteiger partial charge in [-0.2, -0.15) is 5.10 Å². The first kappa shape index (κ1) is 25.0. The number of methoxy groups -OCH3 is 2. The Bertz CT molecular complexity index is 1530. The molecule has 1 saturated heterocycles. The van der Waals surface area contributed by atoms with Gasteiger partial charge >= 0.3 is 0 Å². The zero-order valence-electron chi connectivity index (χ0n) is 22.6. The molecule has 39 heavy (non-hydrogen) atoms. The highest BCUT2D eigenvalue weighted by molar-refractivity contribution is 6.31. The number of fused-ring (bicyclic) bond motifs is 5. The van der Waals surface area contributed by atoms with E-state index in [1.54, 1.807) is 67.9 Å². The van der Waals surface area contributed by atoms with Gasteiger partial charge in [-0.3, -0.25) is 19.4 Å². The van der Waals surface area contributed by atoms with Crippen molar-refractivity contribution in [3.8, 4) is 11.5 Å². The molecule has 0 bridgehead atoms. The van der Waals surface area contributed by atoms with E-state index in [1.165, 1.54) is 0 Å². The van der Waals surface area contributed by atoms with Crippen LogP contribution in [0.15, 0.2) is 71.8 Å². The molecular weight excluding hydrogens is 492 g/mol. The standard InChI is InChI=1S/C32H30N2O5/c1-31(2,3)30(37)26-25(23-16-19(38-4)14-15-24(23)39-5)32(28(35)21-12-8-9-13-22(21)29(32)36)27-20-11-7-6-10-18(20)17-33-34(26)27/h6-17,25-27H,1-5H3/t25-,26+,27+/m0/s1. The number of ketones is 3. The van der Waals surface area contributed by atoms with E-state index in [9.17, 15) is 14.4 Å². The van der Waals surface area contributed by atoms with Gasteiger partial charge in [0.1, 0.15) is 23.0 Å². The van der Waals surface area contributed by atoms with Crippen LogP contribution in [0, 0.1) is 10.8 Å². The number of ether oxygens (including phenoxy) is 2. The van der Waals surface area contributed by atoms with Crippen LogP contribution < -0.4 is 9.47 Å². The maximum absolute atomic E-state index is 14.8. The van der Waals surface area contributed by atoms with Crippen LogP contribution in [-0.2, 0) is 4.79 Å². The Morgan fingerprint density at radius 3 is 2.13 bits per heavy atom. The van der Waals surface area contributed by atoms with E-state index in [4.69, 9.17) is 14.6 Å². The van der Waals surface area contributed by atoms with E-state index in [1.807, 2.05) is 45.0 Å². The number of carbonyl (C=O) groups is 3. The molecule has 1 spiro atoms.